The molecule has 0 radical (unpaired) electrons. The molecule has 3 aliphatic rings. The molecule has 1 aromatic heterocycles. The molecule has 1 spiro atoms. The molecule has 0 unspecified atom stereocenters. The van der Waals surface area contributed by atoms with Crippen molar-refractivity contribution in [3.63, 3.8) is 0 Å². The third-order valence-electron chi connectivity index (χ3n) is 7.35. The van der Waals surface area contributed by atoms with Crippen molar-refractivity contribution in [1.82, 2.24) is 9.55 Å². The first kappa shape index (κ1) is 17.9. The Morgan fingerprint density at radius 2 is 1.67 bits per heavy atom. The normalized spacial score (nSPS) is 19.9. The van der Waals surface area contributed by atoms with Crippen molar-refractivity contribution in [2.45, 2.75) is 50.4 Å². The topological polar surface area (TPSA) is 55.2 Å². The molecule has 2 aromatic carbocycles. The number of fused-ring (bicyclic) bond motifs is 7. The standard InChI is InChI=1S/C25H25N3O2/c29-18-10-14-27(15-11-18)17-8-9-22-20(16-17)25(12-4-1-5-13-25)24-26-23(30)19-6-2-3-7-21(19)28(22)24/h2-3,6-9,16H,1,4-5,10-15H2. The smallest absolute Gasteiger partial charge is 0.280 e. The lowest BCUT2D eigenvalue weighted by Crippen LogP contribution is -2.34. The molecule has 1 aliphatic carbocycles. The van der Waals surface area contributed by atoms with Gasteiger partial charge in [0.1, 0.15) is 11.6 Å². The van der Waals surface area contributed by atoms with Crippen LogP contribution in [-0.2, 0) is 10.2 Å². The Hall–Kier alpha value is -2.95. The van der Waals surface area contributed by atoms with Gasteiger partial charge in [-0.05, 0) is 48.7 Å². The summed E-state index contributed by atoms with van der Waals surface area (Å²) in [6, 6.07) is 14.5. The number of Topliss-reactive ketones (excluding diaryl/α,β-unsaturated/α-hetero) is 1. The molecule has 0 amide bonds. The first-order valence-electron chi connectivity index (χ1n) is 11.1. The van der Waals surface area contributed by atoms with Crippen LogP contribution in [-0.4, -0.2) is 28.4 Å². The molecule has 6 rings (SSSR count). The van der Waals surface area contributed by atoms with Crippen LogP contribution in [0.4, 0.5) is 5.69 Å². The van der Waals surface area contributed by atoms with Crippen LogP contribution in [0.5, 0.6) is 0 Å². The lowest BCUT2D eigenvalue weighted by molar-refractivity contribution is -0.119. The predicted molar refractivity (Wildman–Crippen MR) is 118 cm³/mol. The third kappa shape index (κ3) is 2.44. The van der Waals surface area contributed by atoms with Gasteiger partial charge in [0, 0.05) is 31.6 Å². The number of ketones is 1. The summed E-state index contributed by atoms with van der Waals surface area (Å²) in [6.45, 7) is 1.58. The average molecular weight is 399 g/mol. The number of rotatable bonds is 1. The molecule has 152 valence electrons. The van der Waals surface area contributed by atoms with Gasteiger partial charge in [0.25, 0.3) is 5.56 Å². The highest BCUT2D eigenvalue weighted by Gasteiger charge is 2.46. The minimum Gasteiger partial charge on any atom is -0.371 e. The molecule has 3 aromatic rings. The lowest BCUT2D eigenvalue weighted by atomic mass is 9.69. The van der Waals surface area contributed by atoms with E-state index in [4.69, 9.17) is 0 Å². The fourth-order valence-corrected chi connectivity index (χ4v) is 5.82. The molecule has 3 heterocycles. The van der Waals surface area contributed by atoms with Gasteiger partial charge < -0.3 is 4.90 Å². The first-order chi connectivity index (χ1) is 14.7. The van der Waals surface area contributed by atoms with Crippen LogP contribution in [0.15, 0.2) is 47.3 Å². The van der Waals surface area contributed by atoms with Crippen molar-refractivity contribution < 1.29 is 4.79 Å². The van der Waals surface area contributed by atoms with Crippen LogP contribution >= 0.6 is 0 Å². The second-order valence-corrected chi connectivity index (χ2v) is 8.96. The summed E-state index contributed by atoms with van der Waals surface area (Å²) in [4.78, 5) is 31.6. The molecular formula is C25H25N3O2. The van der Waals surface area contributed by atoms with Gasteiger partial charge in [-0.1, -0.05) is 31.4 Å². The van der Waals surface area contributed by atoms with E-state index < -0.39 is 0 Å². The Morgan fingerprint density at radius 1 is 0.900 bits per heavy atom. The second kappa shape index (κ2) is 6.53. The number of nitrogens with zero attached hydrogens (tertiary/aromatic N) is 3. The van der Waals surface area contributed by atoms with Crippen LogP contribution < -0.4 is 10.5 Å². The van der Waals surface area contributed by atoms with Crippen molar-refractivity contribution in [2.75, 3.05) is 18.0 Å². The van der Waals surface area contributed by atoms with Crippen molar-refractivity contribution in [1.29, 1.82) is 0 Å². The highest BCUT2D eigenvalue weighted by molar-refractivity contribution is 5.83. The Balaban J connectivity index is 1.59. The lowest BCUT2D eigenvalue weighted by Gasteiger charge is -2.34. The summed E-state index contributed by atoms with van der Waals surface area (Å²) in [7, 11) is 0. The predicted octanol–water partition coefficient (Wildman–Crippen LogP) is 4.12. The molecule has 5 heteroatoms. The number of carbonyl (C=O) groups excluding carboxylic acids is 1. The number of aromatic nitrogens is 2. The molecule has 2 aliphatic heterocycles. The Morgan fingerprint density at radius 3 is 2.47 bits per heavy atom. The summed E-state index contributed by atoms with van der Waals surface area (Å²) < 4.78 is 2.24. The monoisotopic (exact) mass is 399 g/mol. The van der Waals surface area contributed by atoms with Crippen LogP contribution in [0.1, 0.15) is 56.3 Å². The highest BCUT2D eigenvalue weighted by atomic mass is 16.1. The van der Waals surface area contributed by atoms with Gasteiger partial charge in [-0.15, -0.1) is 0 Å². The van der Waals surface area contributed by atoms with E-state index >= 15 is 0 Å². The van der Waals surface area contributed by atoms with Gasteiger partial charge in [0.15, 0.2) is 0 Å². The fourth-order valence-electron chi connectivity index (χ4n) is 5.82. The van der Waals surface area contributed by atoms with Crippen LogP contribution in [0.25, 0.3) is 16.6 Å². The Kier molecular flexibility index (Phi) is 3.89. The van der Waals surface area contributed by atoms with E-state index in [0.717, 1.165) is 55.8 Å². The summed E-state index contributed by atoms with van der Waals surface area (Å²) in [5.74, 6) is 1.28. The van der Waals surface area contributed by atoms with Crippen molar-refractivity contribution in [3.05, 3.63) is 64.2 Å². The number of hydrogen-bond donors (Lipinski definition) is 0. The molecule has 30 heavy (non-hydrogen) atoms. The van der Waals surface area contributed by atoms with Gasteiger partial charge in [-0.25, -0.2) is 0 Å². The number of anilines is 1. The molecule has 0 bridgehead atoms. The summed E-state index contributed by atoms with van der Waals surface area (Å²) in [5.41, 5.74) is 4.30. The number of benzene rings is 2. The third-order valence-corrected chi connectivity index (χ3v) is 7.35. The zero-order chi connectivity index (χ0) is 20.3. The fraction of sp³-hybridized carbons (Fsp3) is 0.400. The molecule has 0 atom stereocenters. The maximum atomic E-state index is 12.9. The van der Waals surface area contributed by atoms with Crippen LogP contribution in [0.2, 0.25) is 0 Å². The molecule has 2 fully saturated rings. The highest BCUT2D eigenvalue weighted by Crippen LogP contribution is 2.52. The SMILES string of the molecule is O=C1CCN(c2ccc3c(c2)C2(CCCCC2)c2nc(=O)c4ccccc4n2-3)CC1. The molecular weight excluding hydrogens is 374 g/mol. The number of carbonyl (C=O) groups is 1. The summed E-state index contributed by atoms with van der Waals surface area (Å²) in [6.07, 6.45) is 6.88. The molecule has 1 saturated carbocycles. The maximum Gasteiger partial charge on any atom is 0.280 e. The van der Waals surface area contributed by atoms with E-state index in [1.807, 2.05) is 24.3 Å². The second-order valence-electron chi connectivity index (χ2n) is 8.96. The Bertz CT molecular complexity index is 1230. The number of para-hydroxylation sites is 1. The van der Waals surface area contributed by atoms with Gasteiger partial charge in [0.05, 0.1) is 22.0 Å². The largest absolute Gasteiger partial charge is 0.371 e. The minimum absolute atomic E-state index is 0.121. The van der Waals surface area contributed by atoms with Crippen molar-refractivity contribution in [3.8, 4) is 5.69 Å². The zero-order valence-electron chi connectivity index (χ0n) is 17.1. The van der Waals surface area contributed by atoms with E-state index in [-0.39, 0.29) is 11.0 Å². The van der Waals surface area contributed by atoms with Gasteiger partial charge in [-0.2, -0.15) is 4.98 Å². The maximum absolute atomic E-state index is 12.9. The average Bonchev–Trinajstić information content (AvgIpc) is 3.04. The first-order valence-corrected chi connectivity index (χ1v) is 11.1. The number of hydrogen-bond acceptors (Lipinski definition) is 4. The summed E-state index contributed by atoms with van der Waals surface area (Å²) in [5, 5.41) is 0.679. The van der Waals surface area contributed by atoms with E-state index in [1.54, 1.807) is 0 Å². The van der Waals surface area contributed by atoms with Crippen molar-refractivity contribution in [2.24, 2.45) is 0 Å². The Labute approximate surface area is 175 Å². The van der Waals surface area contributed by atoms with Crippen LogP contribution in [0.3, 0.4) is 0 Å². The van der Waals surface area contributed by atoms with Gasteiger partial charge >= 0.3 is 0 Å². The van der Waals surface area contributed by atoms with E-state index in [2.05, 4.69) is 32.7 Å². The van der Waals surface area contributed by atoms with E-state index in [1.165, 1.54) is 17.7 Å². The number of piperidine rings is 1. The molecule has 0 N–H and O–H groups in total. The quantitative estimate of drug-likeness (QED) is 0.618. The molecule has 5 nitrogen and oxygen atoms in total. The van der Waals surface area contributed by atoms with Crippen LogP contribution in [0, 0.1) is 0 Å². The zero-order valence-corrected chi connectivity index (χ0v) is 17.1. The van der Waals surface area contributed by atoms with Gasteiger partial charge in [0.2, 0.25) is 0 Å². The summed E-state index contributed by atoms with van der Waals surface area (Å²) >= 11 is 0. The molecule has 1 saturated heterocycles. The van der Waals surface area contributed by atoms with E-state index in [9.17, 15) is 9.59 Å². The van der Waals surface area contributed by atoms with E-state index in [0.29, 0.717) is 24.0 Å². The van der Waals surface area contributed by atoms with Crippen molar-refractivity contribution >= 4 is 22.4 Å². The van der Waals surface area contributed by atoms with Gasteiger partial charge in [-0.3, -0.25) is 14.2 Å². The minimum atomic E-state index is -0.182.